The van der Waals surface area contributed by atoms with Crippen LogP contribution >= 0.6 is 0 Å². The van der Waals surface area contributed by atoms with Crippen LogP contribution in [0.1, 0.15) is 18.4 Å². The highest BCUT2D eigenvalue weighted by Gasteiger charge is 2.32. The largest absolute Gasteiger partial charge is 0.391 e. The second-order valence-electron chi connectivity index (χ2n) is 5.93. The van der Waals surface area contributed by atoms with Crippen molar-refractivity contribution in [3.8, 4) is 0 Å². The summed E-state index contributed by atoms with van der Waals surface area (Å²) in [6, 6.07) is 9.29. The number of pyridine rings is 1. The third kappa shape index (κ3) is 3.29. The number of para-hydroxylation sites is 1. The highest BCUT2D eigenvalue weighted by molar-refractivity contribution is 7.88. The highest BCUT2D eigenvalue weighted by atomic mass is 32.2. The van der Waals surface area contributed by atoms with E-state index in [1.165, 1.54) is 11.4 Å². The molecule has 6 heteroatoms. The minimum atomic E-state index is -3.47. The van der Waals surface area contributed by atoms with E-state index in [1.54, 1.807) is 12.3 Å². The molecule has 2 aromatic rings. The summed E-state index contributed by atoms with van der Waals surface area (Å²) in [6.07, 6.45) is 3.08. The Hall–Kier alpha value is -1.50. The number of sulfonamides is 1. The van der Waals surface area contributed by atoms with E-state index in [0.29, 0.717) is 11.1 Å². The summed E-state index contributed by atoms with van der Waals surface area (Å²) >= 11 is 0. The maximum atomic E-state index is 12.5. The Labute approximate surface area is 130 Å². The van der Waals surface area contributed by atoms with Crippen LogP contribution in [0.4, 0.5) is 0 Å². The fraction of sp³-hybridized carbons (Fsp3) is 0.438. The molecule has 1 saturated carbocycles. The molecule has 0 amide bonds. The van der Waals surface area contributed by atoms with Crippen LogP contribution in [-0.4, -0.2) is 42.5 Å². The summed E-state index contributed by atoms with van der Waals surface area (Å²) in [5, 5.41) is 10.9. The van der Waals surface area contributed by atoms with E-state index in [-0.39, 0.29) is 18.2 Å². The molecule has 1 aliphatic carbocycles. The van der Waals surface area contributed by atoms with E-state index < -0.39 is 16.1 Å². The molecular formula is C16H20N2O3S. The molecule has 1 aliphatic rings. The lowest BCUT2D eigenvalue weighted by atomic mass is 10.1. The Morgan fingerprint density at radius 2 is 2.05 bits per heavy atom. The lowest BCUT2D eigenvalue weighted by molar-refractivity contribution is 0.131. The lowest BCUT2D eigenvalue weighted by Crippen LogP contribution is -2.36. The van der Waals surface area contributed by atoms with Gasteiger partial charge in [0.05, 0.1) is 17.4 Å². The molecule has 1 unspecified atom stereocenters. The van der Waals surface area contributed by atoms with Gasteiger partial charge in [-0.2, -0.15) is 0 Å². The zero-order chi connectivity index (χ0) is 15.7. The molecule has 0 saturated heterocycles. The summed E-state index contributed by atoms with van der Waals surface area (Å²) < 4.78 is 26.3. The molecule has 1 heterocycles. The van der Waals surface area contributed by atoms with Gasteiger partial charge in [0.1, 0.15) is 0 Å². The smallest absolute Gasteiger partial charge is 0.218 e. The molecule has 0 spiro atoms. The summed E-state index contributed by atoms with van der Waals surface area (Å²) in [4.78, 5) is 4.29. The van der Waals surface area contributed by atoms with Crippen molar-refractivity contribution in [2.75, 3.05) is 13.6 Å². The number of aliphatic hydroxyl groups is 1. The average Bonchev–Trinajstić information content (AvgIpc) is 3.32. The van der Waals surface area contributed by atoms with E-state index in [9.17, 15) is 13.5 Å². The summed E-state index contributed by atoms with van der Waals surface area (Å²) in [7, 11) is -1.94. The van der Waals surface area contributed by atoms with E-state index in [2.05, 4.69) is 4.98 Å². The number of likely N-dealkylation sites (N-methyl/N-ethyl adjacent to an activating group) is 1. The van der Waals surface area contributed by atoms with E-state index >= 15 is 0 Å². The van der Waals surface area contributed by atoms with Crippen LogP contribution in [0.5, 0.6) is 0 Å². The van der Waals surface area contributed by atoms with Gasteiger partial charge in [-0.1, -0.05) is 24.3 Å². The first-order chi connectivity index (χ1) is 10.5. The van der Waals surface area contributed by atoms with Gasteiger partial charge < -0.3 is 5.11 Å². The van der Waals surface area contributed by atoms with Crippen molar-refractivity contribution >= 4 is 20.9 Å². The summed E-state index contributed by atoms with van der Waals surface area (Å²) in [5.74, 6) is 0.159. The van der Waals surface area contributed by atoms with Gasteiger partial charge in [0.15, 0.2) is 0 Å². The van der Waals surface area contributed by atoms with E-state index in [1.807, 2.05) is 24.3 Å². The van der Waals surface area contributed by atoms with Crippen LogP contribution in [0, 0.1) is 5.92 Å². The van der Waals surface area contributed by atoms with Crippen LogP contribution in [0.2, 0.25) is 0 Å². The molecule has 0 aliphatic heterocycles. The number of benzene rings is 1. The van der Waals surface area contributed by atoms with Gasteiger partial charge in [0.2, 0.25) is 10.0 Å². The molecule has 1 aromatic heterocycles. The Balaban J connectivity index is 1.80. The second-order valence-corrected chi connectivity index (χ2v) is 8.01. The van der Waals surface area contributed by atoms with Gasteiger partial charge in [-0.25, -0.2) is 12.7 Å². The predicted octanol–water partition coefficient (Wildman–Crippen LogP) is 1.77. The van der Waals surface area contributed by atoms with Gasteiger partial charge in [-0.05, 0) is 30.4 Å². The fourth-order valence-corrected chi connectivity index (χ4v) is 3.82. The predicted molar refractivity (Wildman–Crippen MR) is 85.7 cm³/mol. The highest BCUT2D eigenvalue weighted by Crippen LogP contribution is 2.33. The number of hydrogen-bond acceptors (Lipinski definition) is 4. The van der Waals surface area contributed by atoms with Gasteiger partial charge >= 0.3 is 0 Å². The van der Waals surface area contributed by atoms with Crippen molar-refractivity contribution in [2.24, 2.45) is 5.92 Å². The molecule has 118 valence electrons. The second kappa shape index (κ2) is 5.95. The third-order valence-electron chi connectivity index (χ3n) is 4.14. The van der Waals surface area contributed by atoms with E-state index in [0.717, 1.165) is 18.2 Å². The van der Waals surface area contributed by atoms with Crippen molar-refractivity contribution in [1.29, 1.82) is 0 Å². The van der Waals surface area contributed by atoms with Gasteiger partial charge in [0.25, 0.3) is 0 Å². The summed E-state index contributed by atoms with van der Waals surface area (Å²) in [6.45, 7) is 0.158. The zero-order valence-electron chi connectivity index (χ0n) is 12.5. The van der Waals surface area contributed by atoms with Crippen molar-refractivity contribution < 1.29 is 13.5 Å². The molecule has 1 aromatic carbocycles. The Kier molecular flexibility index (Phi) is 4.16. The number of fused-ring (bicyclic) bond motifs is 1. The van der Waals surface area contributed by atoms with E-state index in [4.69, 9.17) is 0 Å². The Bertz CT molecular complexity index is 767. The van der Waals surface area contributed by atoms with Crippen molar-refractivity contribution in [2.45, 2.75) is 24.7 Å². The Morgan fingerprint density at radius 3 is 2.77 bits per heavy atom. The van der Waals surface area contributed by atoms with Crippen molar-refractivity contribution in [3.63, 3.8) is 0 Å². The molecule has 0 radical (unpaired) electrons. The number of aliphatic hydroxyl groups excluding tert-OH is 1. The standard InChI is InChI=1S/C16H20N2O3S/c1-18(10-15(19)12-7-8-12)22(20,21)11-14-5-2-4-13-6-3-9-17-16(13)14/h2-6,9,12,15,19H,7-8,10-11H2,1H3. The molecule has 5 nitrogen and oxygen atoms in total. The van der Waals surface area contributed by atoms with Crippen LogP contribution in [0.25, 0.3) is 10.9 Å². The van der Waals surface area contributed by atoms with Gasteiger partial charge in [0, 0.05) is 25.2 Å². The monoisotopic (exact) mass is 320 g/mol. The van der Waals surface area contributed by atoms with Crippen LogP contribution in [0.3, 0.4) is 0 Å². The molecule has 0 bridgehead atoms. The quantitative estimate of drug-likeness (QED) is 0.880. The van der Waals surface area contributed by atoms with Crippen molar-refractivity contribution in [1.82, 2.24) is 9.29 Å². The Morgan fingerprint density at radius 1 is 1.32 bits per heavy atom. The van der Waals surface area contributed by atoms with Gasteiger partial charge in [-0.3, -0.25) is 4.98 Å². The molecule has 22 heavy (non-hydrogen) atoms. The first-order valence-electron chi connectivity index (χ1n) is 7.42. The number of aromatic nitrogens is 1. The summed E-state index contributed by atoms with van der Waals surface area (Å²) in [5.41, 5.74) is 1.40. The fourth-order valence-electron chi connectivity index (χ4n) is 2.60. The molecule has 1 fully saturated rings. The number of hydrogen-bond donors (Lipinski definition) is 1. The molecule has 3 rings (SSSR count). The van der Waals surface area contributed by atoms with Crippen LogP contribution in [0.15, 0.2) is 36.5 Å². The minimum absolute atomic E-state index is 0.102. The first kappa shape index (κ1) is 15.4. The van der Waals surface area contributed by atoms with Gasteiger partial charge in [-0.15, -0.1) is 0 Å². The molecule has 1 N–H and O–H groups in total. The SMILES string of the molecule is CN(CC(O)C1CC1)S(=O)(=O)Cc1cccc2cccnc12. The van der Waals surface area contributed by atoms with Crippen LogP contribution < -0.4 is 0 Å². The molecule has 1 atom stereocenters. The molecular weight excluding hydrogens is 300 g/mol. The average molecular weight is 320 g/mol. The first-order valence-corrected chi connectivity index (χ1v) is 9.03. The number of rotatable bonds is 6. The normalized spacial score (nSPS) is 17.0. The maximum Gasteiger partial charge on any atom is 0.218 e. The maximum absolute atomic E-state index is 12.5. The van der Waals surface area contributed by atoms with Crippen molar-refractivity contribution in [3.05, 3.63) is 42.1 Å². The van der Waals surface area contributed by atoms with Crippen LogP contribution in [-0.2, 0) is 15.8 Å². The third-order valence-corrected chi connectivity index (χ3v) is 5.91. The number of nitrogens with zero attached hydrogens (tertiary/aromatic N) is 2. The topological polar surface area (TPSA) is 70.5 Å². The lowest BCUT2D eigenvalue weighted by Gasteiger charge is -2.20. The minimum Gasteiger partial charge on any atom is -0.391 e. The zero-order valence-corrected chi connectivity index (χ0v) is 13.3.